The normalized spacial score (nSPS) is 12.6. The molecule has 1 rings (SSSR count). The second kappa shape index (κ2) is 23.5. The summed E-state index contributed by atoms with van der Waals surface area (Å²) in [5, 5.41) is 12.1. The van der Waals surface area contributed by atoms with Crippen LogP contribution in [-0.2, 0) is 30.5 Å². The van der Waals surface area contributed by atoms with Gasteiger partial charge in [0.25, 0.3) is 0 Å². The Kier molecular flexibility index (Phi) is 20.8. The lowest BCUT2D eigenvalue weighted by molar-refractivity contribution is -0.152. The summed E-state index contributed by atoms with van der Waals surface area (Å²) in [6.45, 7) is 4.49. The highest BCUT2D eigenvalue weighted by Gasteiger charge is 2.24. The first-order chi connectivity index (χ1) is 19.0. The molecule has 0 aromatic heterocycles. The Morgan fingerprint density at radius 1 is 0.795 bits per heavy atom. The second-order valence-electron chi connectivity index (χ2n) is 10.6. The number of hydrogen-bond acceptors (Lipinski definition) is 5. The molecule has 0 bridgehead atoms. The van der Waals surface area contributed by atoms with E-state index < -0.39 is 24.0 Å². The number of ether oxygens (including phenoxy) is 2. The van der Waals surface area contributed by atoms with E-state index in [2.05, 4.69) is 19.2 Å². The van der Waals surface area contributed by atoms with Gasteiger partial charge in [-0.25, -0.2) is 4.79 Å². The van der Waals surface area contributed by atoms with Crippen molar-refractivity contribution >= 4 is 17.8 Å². The van der Waals surface area contributed by atoms with Crippen molar-refractivity contribution in [2.24, 2.45) is 0 Å². The van der Waals surface area contributed by atoms with Gasteiger partial charge in [0.05, 0.1) is 19.6 Å². The van der Waals surface area contributed by atoms with Gasteiger partial charge in [0.2, 0.25) is 5.91 Å². The third-order valence-corrected chi connectivity index (χ3v) is 6.85. The minimum atomic E-state index is -1.16. The van der Waals surface area contributed by atoms with Crippen LogP contribution in [-0.4, -0.2) is 41.7 Å². The summed E-state index contributed by atoms with van der Waals surface area (Å²) in [5.74, 6) is -1.88. The minimum absolute atomic E-state index is 0.0406. The third kappa shape index (κ3) is 19.3. The zero-order chi connectivity index (χ0) is 28.6. The first-order valence-corrected chi connectivity index (χ1v) is 15.3. The van der Waals surface area contributed by atoms with Gasteiger partial charge in [-0.15, -0.1) is 0 Å². The van der Waals surface area contributed by atoms with E-state index in [1.165, 1.54) is 38.5 Å². The molecule has 1 aromatic rings. The summed E-state index contributed by atoms with van der Waals surface area (Å²) in [4.78, 5) is 36.9. The van der Waals surface area contributed by atoms with Crippen LogP contribution in [0.3, 0.4) is 0 Å². The molecular weight excluding hydrogens is 494 g/mol. The fraction of sp³-hybridized carbons (Fsp3) is 0.719. The molecule has 2 N–H and O–H groups in total. The highest BCUT2D eigenvalue weighted by Crippen LogP contribution is 2.16. The van der Waals surface area contributed by atoms with E-state index >= 15 is 0 Å². The number of unbranched alkanes of at least 4 members (excludes halogenated alkanes) is 12. The molecule has 7 nitrogen and oxygen atoms in total. The second-order valence-corrected chi connectivity index (χ2v) is 10.6. The van der Waals surface area contributed by atoms with E-state index in [1.807, 2.05) is 30.3 Å². The van der Waals surface area contributed by atoms with Crippen LogP contribution in [0.2, 0.25) is 0 Å². The molecule has 0 heterocycles. The van der Waals surface area contributed by atoms with Crippen LogP contribution in [0.15, 0.2) is 30.3 Å². The van der Waals surface area contributed by atoms with Crippen LogP contribution in [0, 0.1) is 0 Å². The molecule has 222 valence electrons. The van der Waals surface area contributed by atoms with E-state index in [9.17, 15) is 19.5 Å². The zero-order valence-electron chi connectivity index (χ0n) is 24.5. The van der Waals surface area contributed by atoms with Crippen molar-refractivity contribution in [2.45, 2.75) is 142 Å². The van der Waals surface area contributed by atoms with Crippen LogP contribution in [0.5, 0.6) is 0 Å². The van der Waals surface area contributed by atoms with Crippen molar-refractivity contribution in [1.29, 1.82) is 0 Å². The summed E-state index contributed by atoms with van der Waals surface area (Å²) >= 11 is 0. The Balaban J connectivity index is 2.51. The Bertz CT molecular complexity index is 769. The van der Waals surface area contributed by atoms with Gasteiger partial charge in [-0.05, 0) is 24.8 Å². The van der Waals surface area contributed by atoms with Crippen LogP contribution < -0.4 is 5.32 Å². The van der Waals surface area contributed by atoms with E-state index in [1.54, 1.807) is 0 Å². The van der Waals surface area contributed by atoms with E-state index in [0.29, 0.717) is 12.8 Å². The van der Waals surface area contributed by atoms with E-state index in [0.717, 1.165) is 56.9 Å². The number of esters is 1. The predicted octanol–water partition coefficient (Wildman–Crippen LogP) is 7.36. The van der Waals surface area contributed by atoms with Gasteiger partial charge >= 0.3 is 11.9 Å². The molecule has 1 aromatic carbocycles. The number of nitrogens with one attached hydrogen (secondary N) is 1. The molecule has 0 saturated carbocycles. The molecule has 1 unspecified atom stereocenters. The van der Waals surface area contributed by atoms with Crippen LogP contribution >= 0.6 is 0 Å². The van der Waals surface area contributed by atoms with Crippen molar-refractivity contribution in [1.82, 2.24) is 5.32 Å². The number of aliphatic carboxylic acids is 1. The van der Waals surface area contributed by atoms with Gasteiger partial charge in [-0.3, -0.25) is 9.59 Å². The fourth-order valence-electron chi connectivity index (χ4n) is 4.51. The average molecular weight is 548 g/mol. The lowest BCUT2D eigenvalue weighted by Gasteiger charge is -2.20. The van der Waals surface area contributed by atoms with Crippen LogP contribution in [0.25, 0.3) is 0 Å². The summed E-state index contributed by atoms with van der Waals surface area (Å²) in [6, 6.07) is 8.29. The summed E-state index contributed by atoms with van der Waals surface area (Å²) in [6.07, 6.45) is 16.2. The molecule has 7 heteroatoms. The molecule has 0 saturated heterocycles. The molecule has 0 fully saturated rings. The van der Waals surface area contributed by atoms with Crippen molar-refractivity contribution in [3.8, 4) is 0 Å². The lowest BCUT2D eigenvalue weighted by Crippen LogP contribution is -2.45. The molecule has 39 heavy (non-hydrogen) atoms. The van der Waals surface area contributed by atoms with Crippen LogP contribution in [0.4, 0.5) is 0 Å². The molecule has 1 amide bonds. The molecular formula is C32H53NO6. The van der Waals surface area contributed by atoms with Gasteiger partial charge in [0.15, 0.2) is 6.04 Å². The van der Waals surface area contributed by atoms with E-state index in [4.69, 9.17) is 9.47 Å². The van der Waals surface area contributed by atoms with Gasteiger partial charge in [0.1, 0.15) is 6.10 Å². The largest absolute Gasteiger partial charge is 0.480 e. The molecule has 0 aliphatic carbocycles. The minimum Gasteiger partial charge on any atom is -0.480 e. The smallest absolute Gasteiger partial charge is 0.328 e. The summed E-state index contributed by atoms with van der Waals surface area (Å²) < 4.78 is 11.2. The number of carboxylic acids is 1. The van der Waals surface area contributed by atoms with Gasteiger partial charge in [-0.2, -0.15) is 0 Å². The van der Waals surface area contributed by atoms with Crippen molar-refractivity contribution in [2.75, 3.05) is 6.61 Å². The fourth-order valence-corrected chi connectivity index (χ4v) is 4.51. The monoisotopic (exact) mass is 547 g/mol. The molecule has 2 atom stereocenters. The van der Waals surface area contributed by atoms with E-state index in [-0.39, 0.29) is 25.6 Å². The van der Waals surface area contributed by atoms with Gasteiger partial charge in [-0.1, -0.05) is 121 Å². The predicted molar refractivity (Wildman–Crippen MR) is 155 cm³/mol. The standard InChI is InChI=1S/C32H53NO6/c1-3-5-7-9-10-11-12-14-18-22-28(39-31(35)23-19-13-8-6-4-2)24-30(34)33-29(32(36)37)26-38-25-27-20-16-15-17-21-27/h15-17,20-21,28-29H,3-14,18-19,22-26H2,1-2H3,(H,33,34)(H,36,37)/t28?,29-/m0/s1. The maximum absolute atomic E-state index is 12.8. The molecule has 0 aliphatic heterocycles. The Hall–Kier alpha value is -2.41. The van der Waals surface area contributed by atoms with Gasteiger partial charge < -0.3 is 19.9 Å². The number of carbonyl (C=O) groups excluding carboxylic acids is 2. The first-order valence-electron chi connectivity index (χ1n) is 15.3. The number of hydrogen-bond donors (Lipinski definition) is 2. The maximum Gasteiger partial charge on any atom is 0.328 e. The number of carboxylic acid groups (broad SMARTS) is 1. The summed E-state index contributed by atoms with van der Waals surface area (Å²) in [7, 11) is 0. The average Bonchev–Trinajstić information content (AvgIpc) is 2.92. The van der Waals surface area contributed by atoms with Crippen LogP contribution in [0.1, 0.15) is 129 Å². The Morgan fingerprint density at radius 2 is 1.36 bits per heavy atom. The number of rotatable bonds is 25. The van der Waals surface area contributed by atoms with Crippen molar-refractivity contribution in [3.63, 3.8) is 0 Å². The SMILES string of the molecule is CCCCCCCCCCCC(CC(=O)N[C@@H](COCc1ccccc1)C(=O)O)OC(=O)CCCCCCC. The molecule has 0 spiro atoms. The lowest BCUT2D eigenvalue weighted by atomic mass is 10.0. The highest BCUT2D eigenvalue weighted by atomic mass is 16.5. The topological polar surface area (TPSA) is 102 Å². The molecule has 0 aliphatic rings. The molecule has 0 radical (unpaired) electrons. The van der Waals surface area contributed by atoms with Crippen molar-refractivity contribution in [3.05, 3.63) is 35.9 Å². The quantitative estimate of drug-likeness (QED) is 0.0980. The number of benzene rings is 1. The van der Waals surface area contributed by atoms with Crippen molar-refractivity contribution < 1.29 is 29.0 Å². The van der Waals surface area contributed by atoms with Gasteiger partial charge in [0, 0.05) is 6.42 Å². The first kappa shape index (κ1) is 34.6. The Labute approximate surface area is 236 Å². The highest BCUT2D eigenvalue weighted by molar-refractivity contribution is 5.84. The third-order valence-electron chi connectivity index (χ3n) is 6.85. The Morgan fingerprint density at radius 3 is 1.95 bits per heavy atom. The zero-order valence-corrected chi connectivity index (χ0v) is 24.5. The number of carbonyl (C=O) groups is 3. The summed E-state index contributed by atoms with van der Waals surface area (Å²) in [5.41, 5.74) is 0.926. The number of amides is 1. The maximum atomic E-state index is 12.8.